The van der Waals surface area contributed by atoms with Crippen LogP contribution in [-0.2, 0) is 4.79 Å². The number of carbonyl (C=O) groups is 1. The number of carboxylic acids is 1. The summed E-state index contributed by atoms with van der Waals surface area (Å²) < 4.78 is 0. The fourth-order valence-corrected chi connectivity index (χ4v) is 1.95. The molecule has 0 amide bonds. The maximum Gasteiger partial charge on any atom is 0.305 e. The normalized spacial score (nSPS) is 12.5. The Labute approximate surface area is 99.3 Å². The molecule has 0 aliphatic heterocycles. The van der Waals surface area contributed by atoms with Crippen LogP contribution >= 0.6 is 0 Å². The Kier molecular flexibility index (Phi) is 3.35. The first-order valence-electron chi connectivity index (χ1n) is 5.45. The first kappa shape index (κ1) is 11.5. The molecule has 0 bridgehead atoms. The lowest BCUT2D eigenvalue weighted by Crippen LogP contribution is -2.20. The number of aliphatic carboxylic acids is 1. The van der Waals surface area contributed by atoms with Crippen molar-refractivity contribution in [2.45, 2.75) is 12.5 Å². The third-order valence-electron chi connectivity index (χ3n) is 2.77. The van der Waals surface area contributed by atoms with Crippen LogP contribution in [-0.4, -0.2) is 23.1 Å². The number of carboxylic acid groups (broad SMARTS) is 1. The number of nitrogens with one attached hydrogen (secondary N) is 1. The van der Waals surface area contributed by atoms with E-state index in [9.17, 15) is 4.79 Å². The second kappa shape index (κ2) is 4.93. The van der Waals surface area contributed by atoms with Gasteiger partial charge in [-0.3, -0.25) is 9.78 Å². The van der Waals surface area contributed by atoms with Gasteiger partial charge in [-0.05, 0) is 18.7 Å². The van der Waals surface area contributed by atoms with E-state index in [1.165, 1.54) is 0 Å². The van der Waals surface area contributed by atoms with Gasteiger partial charge in [0, 0.05) is 17.6 Å². The molecule has 2 N–H and O–H groups in total. The van der Waals surface area contributed by atoms with Gasteiger partial charge in [0.25, 0.3) is 0 Å². The molecule has 0 aliphatic carbocycles. The molecule has 2 rings (SSSR count). The van der Waals surface area contributed by atoms with E-state index in [1.54, 1.807) is 13.2 Å². The monoisotopic (exact) mass is 230 g/mol. The standard InChI is InChI=1S/C13H14N2O2/c1-14-11(8-12(16)17)10-6-2-4-9-5-3-7-15-13(9)10/h2-7,11,14H,8H2,1H3,(H,16,17). The number of hydrogen-bond acceptors (Lipinski definition) is 3. The van der Waals surface area contributed by atoms with Crippen molar-refractivity contribution >= 4 is 16.9 Å². The maximum absolute atomic E-state index is 10.8. The number of nitrogens with zero attached hydrogens (tertiary/aromatic N) is 1. The molecule has 0 radical (unpaired) electrons. The number of fused-ring (bicyclic) bond motifs is 1. The smallest absolute Gasteiger partial charge is 0.305 e. The van der Waals surface area contributed by atoms with Gasteiger partial charge < -0.3 is 10.4 Å². The molecular weight excluding hydrogens is 216 g/mol. The van der Waals surface area contributed by atoms with Crippen molar-refractivity contribution in [3.05, 3.63) is 42.1 Å². The third kappa shape index (κ3) is 2.42. The van der Waals surface area contributed by atoms with Crippen LogP contribution in [0.3, 0.4) is 0 Å². The summed E-state index contributed by atoms with van der Waals surface area (Å²) in [6, 6.07) is 9.44. The zero-order valence-corrected chi connectivity index (χ0v) is 9.55. The molecule has 0 aliphatic rings. The topological polar surface area (TPSA) is 62.2 Å². The van der Waals surface area contributed by atoms with Crippen LogP contribution in [0.25, 0.3) is 10.9 Å². The number of aromatic nitrogens is 1. The molecule has 0 spiro atoms. The first-order chi connectivity index (χ1) is 8.22. The summed E-state index contributed by atoms with van der Waals surface area (Å²) in [5, 5.41) is 12.9. The van der Waals surface area contributed by atoms with E-state index in [4.69, 9.17) is 5.11 Å². The van der Waals surface area contributed by atoms with Crippen LogP contribution in [0.5, 0.6) is 0 Å². The van der Waals surface area contributed by atoms with Crippen molar-refractivity contribution in [2.24, 2.45) is 0 Å². The summed E-state index contributed by atoms with van der Waals surface area (Å²) in [5.41, 5.74) is 1.78. The Morgan fingerprint density at radius 3 is 2.88 bits per heavy atom. The number of benzene rings is 1. The molecule has 4 nitrogen and oxygen atoms in total. The summed E-state index contributed by atoms with van der Waals surface area (Å²) >= 11 is 0. The van der Waals surface area contributed by atoms with Gasteiger partial charge in [0.05, 0.1) is 11.9 Å². The fraction of sp³-hybridized carbons (Fsp3) is 0.231. The maximum atomic E-state index is 10.8. The Morgan fingerprint density at radius 1 is 1.41 bits per heavy atom. The highest BCUT2D eigenvalue weighted by Crippen LogP contribution is 2.24. The van der Waals surface area contributed by atoms with Gasteiger partial charge >= 0.3 is 5.97 Å². The minimum atomic E-state index is -0.822. The highest BCUT2D eigenvalue weighted by atomic mass is 16.4. The second-order valence-electron chi connectivity index (χ2n) is 3.86. The molecule has 88 valence electrons. The molecule has 2 aromatic rings. The van der Waals surface area contributed by atoms with Crippen molar-refractivity contribution in [2.75, 3.05) is 7.05 Å². The van der Waals surface area contributed by atoms with Gasteiger partial charge in [-0.1, -0.05) is 24.3 Å². The van der Waals surface area contributed by atoms with Crippen molar-refractivity contribution in [1.29, 1.82) is 0 Å². The molecule has 1 unspecified atom stereocenters. The SMILES string of the molecule is CNC(CC(=O)O)c1cccc2cccnc12. The molecular formula is C13H14N2O2. The zero-order valence-electron chi connectivity index (χ0n) is 9.55. The Hall–Kier alpha value is -1.94. The van der Waals surface area contributed by atoms with E-state index < -0.39 is 5.97 Å². The molecule has 4 heteroatoms. The first-order valence-corrected chi connectivity index (χ1v) is 5.45. The van der Waals surface area contributed by atoms with Crippen molar-refractivity contribution < 1.29 is 9.90 Å². The minimum absolute atomic E-state index is 0.0478. The summed E-state index contributed by atoms with van der Waals surface area (Å²) in [6.45, 7) is 0. The van der Waals surface area contributed by atoms with Gasteiger partial charge in [-0.2, -0.15) is 0 Å². The largest absolute Gasteiger partial charge is 0.481 e. The van der Waals surface area contributed by atoms with Crippen molar-refractivity contribution in [3.8, 4) is 0 Å². The van der Waals surface area contributed by atoms with Gasteiger partial charge in [0.15, 0.2) is 0 Å². The predicted molar refractivity (Wildman–Crippen MR) is 65.8 cm³/mol. The molecule has 0 fully saturated rings. The van der Waals surface area contributed by atoms with Gasteiger partial charge in [0.1, 0.15) is 0 Å². The van der Waals surface area contributed by atoms with Crippen LogP contribution in [0.2, 0.25) is 0 Å². The van der Waals surface area contributed by atoms with Crippen LogP contribution in [0.4, 0.5) is 0 Å². The Balaban J connectivity index is 2.49. The second-order valence-corrected chi connectivity index (χ2v) is 3.86. The number of pyridine rings is 1. The van der Waals surface area contributed by atoms with E-state index in [0.29, 0.717) is 0 Å². The van der Waals surface area contributed by atoms with Gasteiger partial charge in [-0.25, -0.2) is 0 Å². The molecule has 1 aromatic carbocycles. The van der Waals surface area contributed by atoms with Crippen molar-refractivity contribution in [1.82, 2.24) is 10.3 Å². The lowest BCUT2D eigenvalue weighted by molar-refractivity contribution is -0.137. The van der Waals surface area contributed by atoms with Crippen LogP contribution in [0.15, 0.2) is 36.5 Å². The average Bonchev–Trinajstić information content (AvgIpc) is 2.35. The molecule has 1 atom stereocenters. The molecule has 0 saturated carbocycles. The predicted octanol–water partition coefficient (Wildman–Crippen LogP) is 1.97. The van der Waals surface area contributed by atoms with E-state index >= 15 is 0 Å². The zero-order chi connectivity index (χ0) is 12.3. The highest BCUT2D eigenvalue weighted by Gasteiger charge is 2.16. The quantitative estimate of drug-likeness (QED) is 0.843. The summed E-state index contributed by atoms with van der Waals surface area (Å²) in [6.07, 6.45) is 1.77. The van der Waals surface area contributed by atoms with Crippen LogP contribution in [0.1, 0.15) is 18.0 Å². The number of rotatable bonds is 4. The van der Waals surface area contributed by atoms with Crippen LogP contribution < -0.4 is 5.32 Å². The van der Waals surface area contributed by atoms with E-state index in [-0.39, 0.29) is 12.5 Å². The Bertz CT molecular complexity index is 534. The fourth-order valence-electron chi connectivity index (χ4n) is 1.95. The van der Waals surface area contributed by atoms with Gasteiger partial charge in [-0.15, -0.1) is 0 Å². The number of para-hydroxylation sites is 1. The van der Waals surface area contributed by atoms with E-state index in [0.717, 1.165) is 16.5 Å². The van der Waals surface area contributed by atoms with Gasteiger partial charge in [0.2, 0.25) is 0 Å². The molecule has 1 aromatic heterocycles. The summed E-state index contributed by atoms with van der Waals surface area (Å²) in [5.74, 6) is -0.822. The van der Waals surface area contributed by atoms with E-state index in [1.807, 2.05) is 30.3 Å². The van der Waals surface area contributed by atoms with E-state index in [2.05, 4.69) is 10.3 Å². The minimum Gasteiger partial charge on any atom is -0.481 e. The van der Waals surface area contributed by atoms with Crippen molar-refractivity contribution in [3.63, 3.8) is 0 Å². The summed E-state index contributed by atoms with van der Waals surface area (Å²) in [7, 11) is 1.76. The average molecular weight is 230 g/mol. The molecule has 1 heterocycles. The molecule has 0 saturated heterocycles. The highest BCUT2D eigenvalue weighted by molar-refractivity contribution is 5.82. The Morgan fingerprint density at radius 2 is 2.18 bits per heavy atom. The molecule has 17 heavy (non-hydrogen) atoms. The van der Waals surface area contributed by atoms with Crippen LogP contribution in [0, 0.1) is 0 Å². The number of hydrogen-bond donors (Lipinski definition) is 2. The lowest BCUT2D eigenvalue weighted by Gasteiger charge is -2.15. The summed E-state index contributed by atoms with van der Waals surface area (Å²) in [4.78, 5) is 15.1. The lowest BCUT2D eigenvalue weighted by atomic mass is 10.0. The third-order valence-corrected chi connectivity index (χ3v) is 2.77.